The van der Waals surface area contributed by atoms with Crippen molar-refractivity contribution in [2.45, 2.75) is 89.8 Å². The minimum atomic E-state index is 0.415. The second kappa shape index (κ2) is 7.07. The van der Waals surface area contributed by atoms with Crippen molar-refractivity contribution in [3.05, 3.63) is 5.82 Å². The average Bonchev–Trinajstić information content (AvgIpc) is 3.18. The van der Waals surface area contributed by atoms with Gasteiger partial charge in [0.1, 0.15) is 0 Å². The van der Waals surface area contributed by atoms with Crippen LogP contribution in [0.15, 0.2) is 0 Å². The minimum absolute atomic E-state index is 0.415. The van der Waals surface area contributed by atoms with E-state index in [9.17, 15) is 0 Å². The van der Waals surface area contributed by atoms with Crippen LogP contribution in [-0.2, 0) is 0 Å². The van der Waals surface area contributed by atoms with Crippen molar-refractivity contribution < 1.29 is 4.90 Å². The number of rotatable bonds is 5. The zero-order chi connectivity index (χ0) is 15.5. The molecule has 0 radical (unpaired) electrons. The maximum absolute atomic E-state index is 4.48. The first kappa shape index (κ1) is 15.9. The fourth-order valence-corrected chi connectivity index (χ4v) is 4.65. The second-order valence-corrected chi connectivity index (χ2v) is 7.72. The van der Waals surface area contributed by atoms with E-state index in [1.165, 1.54) is 57.8 Å². The molecule has 2 atom stereocenters. The monoisotopic (exact) mass is 306 g/mol. The van der Waals surface area contributed by atoms with Gasteiger partial charge in [0.2, 0.25) is 5.82 Å². The first-order valence-corrected chi connectivity index (χ1v) is 9.29. The van der Waals surface area contributed by atoms with Gasteiger partial charge in [0, 0.05) is 5.92 Å². The summed E-state index contributed by atoms with van der Waals surface area (Å²) in [5.74, 6) is 1.69. The third kappa shape index (κ3) is 3.19. The standard InChI is InChI=1S/C17H31N5/c1-13(2)16(21(3)14-9-5-4-6-10-14)17-18-19-20-22(17)15-11-7-8-12-15/h13-16H,4-12H2,1-3H3/p+1/t16-/m1/s1. The van der Waals surface area contributed by atoms with E-state index in [4.69, 9.17) is 0 Å². The summed E-state index contributed by atoms with van der Waals surface area (Å²) in [6.45, 7) is 4.65. The number of nitrogens with zero attached hydrogens (tertiary/aromatic N) is 4. The lowest BCUT2D eigenvalue weighted by Gasteiger charge is -2.35. The molecule has 22 heavy (non-hydrogen) atoms. The molecule has 1 aromatic heterocycles. The molecular formula is C17H32N5+. The second-order valence-electron chi connectivity index (χ2n) is 7.72. The van der Waals surface area contributed by atoms with Gasteiger partial charge in [-0.15, -0.1) is 5.10 Å². The molecule has 1 heterocycles. The van der Waals surface area contributed by atoms with Gasteiger partial charge in [0.15, 0.2) is 6.04 Å². The Bertz CT molecular complexity index is 457. The molecule has 0 bridgehead atoms. The highest BCUT2D eigenvalue weighted by Crippen LogP contribution is 2.31. The highest BCUT2D eigenvalue weighted by atomic mass is 15.6. The molecule has 2 aliphatic carbocycles. The van der Waals surface area contributed by atoms with Gasteiger partial charge in [-0.25, -0.2) is 4.68 Å². The van der Waals surface area contributed by atoms with Crippen molar-refractivity contribution in [1.29, 1.82) is 0 Å². The van der Waals surface area contributed by atoms with Crippen molar-refractivity contribution in [3.63, 3.8) is 0 Å². The Hall–Kier alpha value is -0.970. The van der Waals surface area contributed by atoms with E-state index < -0.39 is 0 Å². The van der Waals surface area contributed by atoms with Crippen LogP contribution in [0, 0.1) is 5.92 Å². The largest absolute Gasteiger partial charge is 0.326 e. The van der Waals surface area contributed by atoms with Crippen LogP contribution in [0.1, 0.15) is 89.5 Å². The van der Waals surface area contributed by atoms with E-state index in [1.807, 2.05) is 0 Å². The highest BCUT2D eigenvalue weighted by Gasteiger charge is 2.36. The van der Waals surface area contributed by atoms with Crippen molar-refractivity contribution in [1.82, 2.24) is 20.2 Å². The molecule has 1 N–H and O–H groups in total. The summed E-state index contributed by atoms with van der Waals surface area (Å²) in [5.41, 5.74) is 0. The van der Waals surface area contributed by atoms with E-state index in [-0.39, 0.29) is 0 Å². The van der Waals surface area contributed by atoms with Crippen LogP contribution in [0.25, 0.3) is 0 Å². The molecule has 0 aromatic carbocycles. The molecule has 2 fully saturated rings. The molecule has 2 saturated carbocycles. The van der Waals surface area contributed by atoms with E-state index in [0.717, 1.165) is 11.9 Å². The minimum Gasteiger partial charge on any atom is -0.326 e. The molecule has 3 rings (SSSR count). The molecular weight excluding hydrogens is 274 g/mol. The van der Waals surface area contributed by atoms with Crippen molar-refractivity contribution in [3.8, 4) is 0 Å². The lowest BCUT2D eigenvalue weighted by molar-refractivity contribution is -0.943. The van der Waals surface area contributed by atoms with Crippen molar-refractivity contribution in [2.75, 3.05) is 7.05 Å². The number of hydrogen-bond donors (Lipinski definition) is 1. The van der Waals surface area contributed by atoms with Crippen LogP contribution >= 0.6 is 0 Å². The molecule has 124 valence electrons. The van der Waals surface area contributed by atoms with Gasteiger partial charge in [-0.1, -0.05) is 33.1 Å². The molecule has 1 aromatic rings. The Kier molecular flexibility index (Phi) is 5.11. The van der Waals surface area contributed by atoms with Gasteiger partial charge in [-0.05, 0) is 49.0 Å². The Morgan fingerprint density at radius 1 is 1.00 bits per heavy atom. The van der Waals surface area contributed by atoms with E-state index in [1.54, 1.807) is 4.90 Å². The van der Waals surface area contributed by atoms with Gasteiger partial charge >= 0.3 is 0 Å². The maximum Gasteiger partial charge on any atom is 0.209 e. The van der Waals surface area contributed by atoms with Crippen molar-refractivity contribution >= 4 is 0 Å². The summed E-state index contributed by atoms with van der Waals surface area (Å²) in [4.78, 5) is 1.63. The smallest absolute Gasteiger partial charge is 0.209 e. The number of tetrazole rings is 1. The summed E-state index contributed by atoms with van der Waals surface area (Å²) in [7, 11) is 2.37. The lowest BCUT2D eigenvalue weighted by Crippen LogP contribution is -3.14. The third-order valence-electron chi connectivity index (χ3n) is 5.87. The molecule has 5 nitrogen and oxygen atoms in total. The predicted molar refractivity (Wildman–Crippen MR) is 86.7 cm³/mol. The van der Waals surface area contributed by atoms with Crippen LogP contribution in [0.5, 0.6) is 0 Å². The van der Waals surface area contributed by atoms with Gasteiger partial charge in [-0.2, -0.15) is 0 Å². The van der Waals surface area contributed by atoms with Crippen LogP contribution in [-0.4, -0.2) is 33.3 Å². The molecule has 0 amide bonds. The summed E-state index contributed by atoms with van der Waals surface area (Å²) < 4.78 is 2.17. The predicted octanol–water partition coefficient (Wildman–Crippen LogP) is 2.33. The number of nitrogens with one attached hydrogen (secondary N) is 1. The number of quaternary nitrogens is 1. The summed E-state index contributed by atoms with van der Waals surface area (Å²) >= 11 is 0. The third-order valence-corrected chi connectivity index (χ3v) is 5.87. The van der Waals surface area contributed by atoms with E-state index in [2.05, 4.69) is 41.1 Å². The SMILES string of the molecule is CC(C)[C@H](c1nnnn1C1CCCC1)[NH+](C)C1CCCCC1. The number of hydrogen-bond acceptors (Lipinski definition) is 3. The zero-order valence-corrected chi connectivity index (χ0v) is 14.5. The Morgan fingerprint density at radius 2 is 1.64 bits per heavy atom. The average molecular weight is 306 g/mol. The van der Waals surface area contributed by atoms with Gasteiger partial charge < -0.3 is 4.90 Å². The highest BCUT2D eigenvalue weighted by molar-refractivity contribution is 4.93. The molecule has 2 aliphatic rings. The van der Waals surface area contributed by atoms with Gasteiger partial charge in [0.05, 0.1) is 19.1 Å². The summed E-state index contributed by atoms with van der Waals surface area (Å²) in [6, 6.07) is 1.72. The normalized spacial score (nSPS) is 24.0. The molecule has 0 aliphatic heterocycles. The zero-order valence-electron chi connectivity index (χ0n) is 14.5. The van der Waals surface area contributed by atoms with Crippen LogP contribution in [0.4, 0.5) is 0 Å². The summed E-state index contributed by atoms with van der Waals surface area (Å²) in [6.07, 6.45) is 12.0. The van der Waals surface area contributed by atoms with Crippen LogP contribution in [0.2, 0.25) is 0 Å². The van der Waals surface area contributed by atoms with Gasteiger partial charge in [0.25, 0.3) is 0 Å². The topological polar surface area (TPSA) is 48.0 Å². The maximum atomic E-state index is 4.48. The quantitative estimate of drug-likeness (QED) is 0.908. The lowest BCUT2D eigenvalue weighted by atomic mass is 9.91. The van der Waals surface area contributed by atoms with E-state index >= 15 is 0 Å². The van der Waals surface area contributed by atoms with Crippen LogP contribution < -0.4 is 4.90 Å². The Labute approximate surface area is 134 Å². The fourth-order valence-electron chi connectivity index (χ4n) is 4.65. The number of aromatic nitrogens is 4. The molecule has 0 saturated heterocycles. The van der Waals surface area contributed by atoms with Crippen LogP contribution in [0.3, 0.4) is 0 Å². The molecule has 0 spiro atoms. The first-order valence-electron chi connectivity index (χ1n) is 9.29. The Balaban J connectivity index is 1.83. The first-order chi connectivity index (χ1) is 10.7. The summed E-state index contributed by atoms with van der Waals surface area (Å²) in [5, 5.41) is 12.9. The Morgan fingerprint density at radius 3 is 2.27 bits per heavy atom. The molecule has 5 heteroatoms. The van der Waals surface area contributed by atoms with Crippen molar-refractivity contribution in [2.24, 2.45) is 5.92 Å². The van der Waals surface area contributed by atoms with Gasteiger partial charge in [-0.3, -0.25) is 0 Å². The fraction of sp³-hybridized carbons (Fsp3) is 0.941. The molecule has 1 unspecified atom stereocenters. The van der Waals surface area contributed by atoms with E-state index in [0.29, 0.717) is 18.0 Å².